The SMILES string of the molecule is NNC(=O)C1CCC(CN2CC(=O)NC(=O)C2)O1. The summed E-state index contributed by atoms with van der Waals surface area (Å²) in [5.41, 5.74) is 2.05. The van der Waals surface area contributed by atoms with Crippen molar-refractivity contribution in [2.24, 2.45) is 5.84 Å². The molecule has 8 nitrogen and oxygen atoms in total. The first-order chi connectivity index (χ1) is 8.58. The lowest BCUT2D eigenvalue weighted by molar-refractivity contribution is -0.138. The van der Waals surface area contributed by atoms with Crippen LogP contribution in [0.1, 0.15) is 12.8 Å². The van der Waals surface area contributed by atoms with Crippen LogP contribution in [0.5, 0.6) is 0 Å². The highest BCUT2D eigenvalue weighted by Gasteiger charge is 2.33. The Labute approximate surface area is 104 Å². The molecule has 2 atom stereocenters. The fourth-order valence-corrected chi connectivity index (χ4v) is 2.24. The van der Waals surface area contributed by atoms with Crippen molar-refractivity contribution in [1.82, 2.24) is 15.6 Å². The highest BCUT2D eigenvalue weighted by atomic mass is 16.5. The first kappa shape index (κ1) is 12.9. The highest BCUT2D eigenvalue weighted by molar-refractivity contribution is 5.99. The van der Waals surface area contributed by atoms with Crippen LogP contribution in [-0.2, 0) is 19.1 Å². The Kier molecular flexibility index (Phi) is 3.90. The Hall–Kier alpha value is -1.51. The molecule has 2 rings (SSSR count). The van der Waals surface area contributed by atoms with Crippen LogP contribution >= 0.6 is 0 Å². The van der Waals surface area contributed by atoms with Crippen molar-refractivity contribution in [2.45, 2.75) is 25.0 Å². The summed E-state index contributed by atoms with van der Waals surface area (Å²) in [7, 11) is 0. The predicted molar refractivity (Wildman–Crippen MR) is 59.8 cm³/mol. The van der Waals surface area contributed by atoms with Crippen molar-refractivity contribution in [1.29, 1.82) is 0 Å². The molecule has 8 heteroatoms. The molecule has 2 aliphatic heterocycles. The molecule has 0 aromatic carbocycles. The molecule has 0 saturated carbocycles. The number of amides is 3. The summed E-state index contributed by atoms with van der Waals surface area (Å²) in [5, 5.41) is 2.23. The number of carbonyl (C=O) groups excluding carboxylic acids is 3. The van der Waals surface area contributed by atoms with Crippen LogP contribution in [-0.4, -0.2) is 54.5 Å². The van der Waals surface area contributed by atoms with Crippen LogP contribution in [0.15, 0.2) is 0 Å². The van der Waals surface area contributed by atoms with E-state index in [1.807, 2.05) is 5.43 Å². The van der Waals surface area contributed by atoms with Crippen molar-refractivity contribution < 1.29 is 19.1 Å². The smallest absolute Gasteiger partial charge is 0.263 e. The van der Waals surface area contributed by atoms with Gasteiger partial charge in [-0.3, -0.25) is 30.0 Å². The van der Waals surface area contributed by atoms with Gasteiger partial charge in [-0.05, 0) is 12.8 Å². The molecule has 2 saturated heterocycles. The number of piperazine rings is 1. The minimum absolute atomic E-state index is 0.147. The van der Waals surface area contributed by atoms with E-state index in [2.05, 4.69) is 5.32 Å². The van der Waals surface area contributed by atoms with E-state index in [1.165, 1.54) is 0 Å². The highest BCUT2D eigenvalue weighted by Crippen LogP contribution is 2.20. The fourth-order valence-electron chi connectivity index (χ4n) is 2.24. The molecule has 0 aliphatic carbocycles. The standard InChI is InChI=1S/C10H16N4O4/c11-13-10(17)7-2-1-6(18-7)3-14-4-8(15)12-9(16)5-14/h6-7H,1-5,11H2,(H,13,17)(H,12,15,16). The van der Waals surface area contributed by atoms with Gasteiger partial charge >= 0.3 is 0 Å². The van der Waals surface area contributed by atoms with Gasteiger partial charge in [-0.15, -0.1) is 0 Å². The van der Waals surface area contributed by atoms with E-state index in [0.29, 0.717) is 19.4 Å². The largest absolute Gasteiger partial charge is 0.364 e. The summed E-state index contributed by atoms with van der Waals surface area (Å²) in [6, 6.07) is 0. The van der Waals surface area contributed by atoms with Crippen molar-refractivity contribution >= 4 is 17.7 Å². The number of nitrogens with zero attached hydrogens (tertiary/aromatic N) is 1. The average molecular weight is 256 g/mol. The van der Waals surface area contributed by atoms with E-state index >= 15 is 0 Å². The van der Waals surface area contributed by atoms with E-state index in [-0.39, 0.29) is 36.9 Å². The van der Waals surface area contributed by atoms with E-state index in [9.17, 15) is 14.4 Å². The maximum absolute atomic E-state index is 11.3. The van der Waals surface area contributed by atoms with E-state index in [1.54, 1.807) is 4.90 Å². The molecule has 2 fully saturated rings. The summed E-state index contributed by atoms with van der Waals surface area (Å²) < 4.78 is 5.51. The molecule has 18 heavy (non-hydrogen) atoms. The van der Waals surface area contributed by atoms with Gasteiger partial charge in [0, 0.05) is 6.54 Å². The molecule has 0 spiro atoms. The van der Waals surface area contributed by atoms with Crippen molar-refractivity contribution in [3.8, 4) is 0 Å². The monoisotopic (exact) mass is 256 g/mol. The second-order valence-corrected chi connectivity index (χ2v) is 4.47. The zero-order valence-corrected chi connectivity index (χ0v) is 9.85. The van der Waals surface area contributed by atoms with Gasteiger partial charge in [-0.2, -0.15) is 0 Å². The number of hydrogen-bond acceptors (Lipinski definition) is 6. The third kappa shape index (κ3) is 3.03. The Morgan fingerprint density at radius 2 is 2.06 bits per heavy atom. The van der Waals surface area contributed by atoms with Crippen LogP contribution in [0.3, 0.4) is 0 Å². The molecule has 0 aromatic rings. The predicted octanol–water partition coefficient (Wildman–Crippen LogP) is -2.52. The van der Waals surface area contributed by atoms with Crippen LogP contribution in [0.25, 0.3) is 0 Å². The van der Waals surface area contributed by atoms with Gasteiger partial charge in [0.05, 0.1) is 19.2 Å². The molecule has 0 radical (unpaired) electrons. The zero-order chi connectivity index (χ0) is 13.1. The number of carbonyl (C=O) groups is 3. The number of hydrogen-bond donors (Lipinski definition) is 3. The Bertz CT molecular complexity index is 357. The maximum atomic E-state index is 11.3. The second kappa shape index (κ2) is 5.42. The van der Waals surface area contributed by atoms with Gasteiger partial charge in [0.15, 0.2) is 0 Å². The van der Waals surface area contributed by atoms with Gasteiger partial charge < -0.3 is 4.74 Å². The third-order valence-corrected chi connectivity index (χ3v) is 3.02. The molecule has 2 unspecified atom stereocenters. The summed E-state index contributed by atoms with van der Waals surface area (Å²) in [4.78, 5) is 35.3. The zero-order valence-electron chi connectivity index (χ0n) is 9.85. The fraction of sp³-hybridized carbons (Fsp3) is 0.700. The summed E-state index contributed by atoms with van der Waals surface area (Å²) in [5.74, 6) is 4.08. The van der Waals surface area contributed by atoms with Gasteiger partial charge in [-0.1, -0.05) is 0 Å². The molecule has 100 valence electrons. The molecule has 3 amide bonds. The maximum Gasteiger partial charge on any atom is 0.263 e. The Morgan fingerprint density at radius 1 is 1.39 bits per heavy atom. The molecular formula is C10H16N4O4. The quantitative estimate of drug-likeness (QED) is 0.222. The summed E-state index contributed by atoms with van der Waals surface area (Å²) >= 11 is 0. The van der Waals surface area contributed by atoms with Crippen LogP contribution < -0.4 is 16.6 Å². The van der Waals surface area contributed by atoms with Crippen molar-refractivity contribution in [3.63, 3.8) is 0 Å². The lowest BCUT2D eigenvalue weighted by Gasteiger charge is -2.27. The van der Waals surface area contributed by atoms with Gasteiger partial charge in [-0.25, -0.2) is 5.84 Å². The molecule has 2 heterocycles. The van der Waals surface area contributed by atoms with E-state index in [4.69, 9.17) is 10.6 Å². The van der Waals surface area contributed by atoms with Gasteiger partial charge in [0.1, 0.15) is 6.10 Å². The van der Waals surface area contributed by atoms with Crippen LogP contribution in [0, 0.1) is 0 Å². The number of nitrogens with two attached hydrogens (primary N) is 1. The lowest BCUT2D eigenvalue weighted by Crippen LogP contribution is -2.53. The number of imide groups is 1. The van der Waals surface area contributed by atoms with Crippen LogP contribution in [0.4, 0.5) is 0 Å². The van der Waals surface area contributed by atoms with Gasteiger partial charge in [0.2, 0.25) is 11.8 Å². The molecule has 0 bridgehead atoms. The first-order valence-electron chi connectivity index (χ1n) is 5.79. The topological polar surface area (TPSA) is 114 Å². The van der Waals surface area contributed by atoms with E-state index < -0.39 is 6.10 Å². The number of hydrazine groups is 1. The number of nitrogens with one attached hydrogen (secondary N) is 2. The van der Waals surface area contributed by atoms with E-state index in [0.717, 1.165) is 0 Å². The molecule has 4 N–H and O–H groups in total. The van der Waals surface area contributed by atoms with Crippen molar-refractivity contribution in [3.05, 3.63) is 0 Å². The van der Waals surface area contributed by atoms with Crippen LogP contribution in [0.2, 0.25) is 0 Å². The Morgan fingerprint density at radius 3 is 2.67 bits per heavy atom. The molecular weight excluding hydrogens is 240 g/mol. The second-order valence-electron chi connectivity index (χ2n) is 4.47. The molecule has 0 aromatic heterocycles. The summed E-state index contributed by atoms with van der Waals surface area (Å²) in [6.45, 7) is 0.826. The summed E-state index contributed by atoms with van der Waals surface area (Å²) in [6.07, 6.45) is 0.631. The minimum Gasteiger partial charge on any atom is -0.364 e. The number of ether oxygens (including phenoxy) is 1. The van der Waals surface area contributed by atoms with Gasteiger partial charge in [0.25, 0.3) is 5.91 Å². The molecule has 2 aliphatic rings. The normalized spacial score (nSPS) is 29.2. The third-order valence-electron chi connectivity index (χ3n) is 3.02. The van der Waals surface area contributed by atoms with Crippen molar-refractivity contribution in [2.75, 3.05) is 19.6 Å². The minimum atomic E-state index is -0.533. The average Bonchev–Trinajstić information content (AvgIpc) is 2.75. The first-order valence-corrected chi connectivity index (χ1v) is 5.79. The lowest BCUT2D eigenvalue weighted by atomic mass is 10.1. The number of rotatable bonds is 3. The Balaban J connectivity index is 1.82.